The largest absolute Gasteiger partial charge is 0.408 e. The summed E-state index contributed by atoms with van der Waals surface area (Å²) in [5.41, 5.74) is 3.49. The van der Waals surface area contributed by atoms with Crippen LogP contribution in [-0.4, -0.2) is 41.8 Å². The fourth-order valence-electron chi connectivity index (χ4n) is 2.60. The summed E-state index contributed by atoms with van der Waals surface area (Å²) < 4.78 is 39.7. The number of imidazole rings is 1. The number of hydrogen-bond donors (Lipinski definition) is 2. The molecular weight excluding hydrogens is 347 g/mol. The molecule has 1 atom stereocenters. The predicted molar refractivity (Wildman–Crippen MR) is 89.7 cm³/mol. The molecule has 1 unspecified atom stereocenters. The summed E-state index contributed by atoms with van der Waals surface area (Å²) in [6.45, 7) is 2.91. The number of nitrogens with zero attached hydrogens (tertiary/aromatic N) is 5. The molecule has 0 aliphatic carbocycles. The van der Waals surface area contributed by atoms with E-state index in [1.165, 1.54) is 6.20 Å². The molecule has 0 aromatic carbocycles. The van der Waals surface area contributed by atoms with Crippen LogP contribution in [0, 0.1) is 6.92 Å². The number of alkyl halides is 3. The van der Waals surface area contributed by atoms with Crippen LogP contribution in [0.2, 0.25) is 0 Å². The normalized spacial score (nSPS) is 13.4. The fraction of sp³-hybridized carbons (Fsp3) is 0.250. The van der Waals surface area contributed by atoms with E-state index in [4.69, 9.17) is 0 Å². The van der Waals surface area contributed by atoms with Crippen LogP contribution in [-0.2, 0) is 0 Å². The van der Waals surface area contributed by atoms with Gasteiger partial charge in [0.05, 0.1) is 17.6 Å². The van der Waals surface area contributed by atoms with E-state index >= 15 is 0 Å². The van der Waals surface area contributed by atoms with E-state index in [0.717, 1.165) is 23.8 Å². The van der Waals surface area contributed by atoms with Crippen molar-refractivity contribution < 1.29 is 13.2 Å². The number of hydrogen-bond acceptors (Lipinski definition) is 5. The van der Waals surface area contributed by atoms with Gasteiger partial charge in [-0.1, -0.05) is 0 Å². The molecular formula is C16H14F3N7. The van der Waals surface area contributed by atoms with Gasteiger partial charge < -0.3 is 10.3 Å². The lowest BCUT2D eigenvalue weighted by Crippen LogP contribution is -2.33. The minimum absolute atomic E-state index is 0.0930. The molecule has 0 radical (unpaired) electrons. The van der Waals surface area contributed by atoms with Crippen molar-refractivity contribution in [1.82, 2.24) is 29.5 Å². The fourth-order valence-corrected chi connectivity index (χ4v) is 2.60. The Morgan fingerprint density at radius 3 is 2.77 bits per heavy atom. The summed E-state index contributed by atoms with van der Waals surface area (Å²) in [6.07, 6.45) is 0.536. The monoisotopic (exact) mass is 361 g/mol. The van der Waals surface area contributed by atoms with Crippen molar-refractivity contribution in [1.29, 1.82) is 0 Å². The lowest BCUT2D eigenvalue weighted by molar-refractivity contribution is -0.138. The second-order valence-corrected chi connectivity index (χ2v) is 5.95. The zero-order valence-electron chi connectivity index (χ0n) is 13.8. The molecule has 0 saturated carbocycles. The van der Waals surface area contributed by atoms with E-state index in [9.17, 15) is 13.2 Å². The van der Waals surface area contributed by atoms with E-state index in [-0.39, 0.29) is 5.95 Å². The van der Waals surface area contributed by atoms with Gasteiger partial charge in [0, 0.05) is 23.3 Å². The SMILES string of the molecule is Cc1cnc2ccc(-c3c[nH]c4nc(NC(C)C(F)(F)F)ncc34)nn12. The van der Waals surface area contributed by atoms with E-state index in [1.54, 1.807) is 16.9 Å². The molecule has 0 bridgehead atoms. The Labute approximate surface area is 145 Å². The maximum Gasteiger partial charge on any atom is 0.408 e. The summed E-state index contributed by atoms with van der Waals surface area (Å²) >= 11 is 0. The average Bonchev–Trinajstić information content (AvgIpc) is 3.17. The van der Waals surface area contributed by atoms with Gasteiger partial charge in [-0.05, 0) is 26.0 Å². The summed E-state index contributed by atoms with van der Waals surface area (Å²) in [5.74, 6) is -0.0930. The van der Waals surface area contributed by atoms with Crippen LogP contribution in [0.3, 0.4) is 0 Å². The first-order valence-corrected chi connectivity index (χ1v) is 7.82. The Morgan fingerprint density at radius 2 is 2.00 bits per heavy atom. The van der Waals surface area contributed by atoms with Gasteiger partial charge in [0.15, 0.2) is 5.65 Å². The van der Waals surface area contributed by atoms with Crippen LogP contribution in [0.4, 0.5) is 19.1 Å². The van der Waals surface area contributed by atoms with Gasteiger partial charge in [0.25, 0.3) is 0 Å². The van der Waals surface area contributed by atoms with Crippen LogP contribution >= 0.6 is 0 Å². The van der Waals surface area contributed by atoms with Gasteiger partial charge >= 0.3 is 6.18 Å². The summed E-state index contributed by atoms with van der Waals surface area (Å²) in [4.78, 5) is 15.3. The van der Waals surface area contributed by atoms with Crippen molar-refractivity contribution in [3.63, 3.8) is 0 Å². The number of halogens is 3. The highest BCUT2D eigenvalue weighted by atomic mass is 19.4. The first-order valence-electron chi connectivity index (χ1n) is 7.82. The number of H-pyrrole nitrogens is 1. The van der Waals surface area contributed by atoms with Crippen molar-refractivity contribution >= 4 is 22.6 Å². The van der Waals surface area contributed by atoms with E-state index in [2.05, 4.69) is 30.4 Å². The smallest absolute Gasteiger partial charge is 0.345 e. The Morgan fingerprint density at radius 1 is 1.19 bits per heavy atom. The third kappa shape index (κ3) is 2.72. The highest BCUT2D eigenvalue weighted by molar-refractivity contribution is 5.92. The number of anilines is 1. The van der Waals surface area contributed by atoms with Crippen LogP contribution in [0.1, 0.15) is 12.6 Å². The number of fused-ring (bicyclic) bond motifs is 2. The third-order valence-corrected chi connectivity index (χ3v) is 4.08. The number of aryl methyl sites for hydroxylation is 1. The second-order valence-electron chi connectivity index (χ2n) is 5.95. The molecule has 10 heteroatoms. The molecule has 0 aliphatic heterocycles. The van der Waals surface area contributed by atoms with Crippen molar-refractivity contribution in [3.8, 4) is 11.3 Å². The van der Waals surface area contributed by atoms with Crippen molar-refractivity contribution in [2.24, 2.45) is 0 Å². The molecule has 7 nitrogen and oxygen atoms in total. The van der Waals surface area contributed by atoms with Gasteiger partial charge in [-0.2, -0.15) is 23.3 Å². The molecule has 4 aromatic rings. The first kappa shape index (κ1) is 16.3. The van der Waals surface area contributed by atoms with Gasteiger partial charge in [-0.3, -0.25) is 0 Å². The average molecular weight is 361 g/mol. The highest BCUT2D eigenvalue weighted by Crippen LogP contribution is 2.27. The molecule has 0 aliphatic rings. The van der Waals surface area contributed by atoms with Crippen molar-refractivity contribution in [2.75, 3.05) is 5.32 Å². The predicted octanol–water partition coefficient (Wildman–Crippen LogP) is 3.34. The Hall–Kier alpha value is -3.17. The van der Waals surface area contributed by atoms with E-state index < -0.39 is 12.2 Å². The van der Waals surface area contributed by atoms with Crippen LogP contribution in [0.25, 0.3) is 27.9 Å². The molecule has 4 rings (SSSR count). The molecule has 0 spiro atoms. The van der Waals surface area contributed by atoms with Gasteiger partial charge in [-0.15, -0.1) is 0 Å². The molecule has 2 N–H and O–H groups in total. The van der Waals surface area contributed by atoms with E-state index in [0.29, 0.717) is 16.7 Å². The number of aromatic nitrogens is 6. The lowest BCUT2D eigenvalue weighted by Gasteiger charge is -2.16. The number of nitrogens with one attached hydrogen (secondary N) is 2. The second kappa shape index (κ2) is 5.68. The van der Waals surface area contributed by atoms with Crippen LogP contribution < -0.4 is 5.32 Å². The molecule has 4 heterocycles. The topological polar surface area (TPSA) is 83.8 Å². The lowest BCUT2D eigenvalue weighted by atomic mass is 10.2. The highest BCUT2D eigenvalue weighted by Gasteiger charge is 2.36. The van der Waals surface area contributed by atoms with Crippen molar-refractivity contribution in [2.45, 2.75) is 26.1 Å². The maximum absolute atomic E-state index is 12.7. The summed E-state index contributed by atoms with van der Waals surface area (Å²) in [5, 5.41) is 7.47. The third-order valence-electron chi connectivity index (χ3n) is 4.08. The molecule has 134 valence electrons. The van der Waals surface area contributed by atoms with Gasteiger partial charge in [0.2, 0.25) is 5.95 Å². The Balaban J connectivity index is 1.71. The molecule has 0 amide bonds. The number of aromatic amines is 1. The standard InChI is InChI=1S/C16H14F3N7/c1-8-5-20-13-4-3-12(25-26(8)13)10-6-21-14-11(10)7-22-15(24-14)23-9(2)16(17,18)19/h3-7,9H,1-2H3,(H2,21,22,23,24). The number of rotatable bonds is 3. The zero-order valence-corrected chi connectivity index (χ0v) is 13.8. The first-order chi connectivity index (χ1) is 12.3. The summed E-state index contributed by atoms with van der Waals surface area (Å²) in [7, 11) is 0. The molecule has 26 heavy (non-hydrogen) atoms. The van der Waals surface area contributed by atoms with Crippen LogP contribution in [0.15, 0.2) is 30.7 Å². The van der Waals surface area contributed by atoms with Gasteiger partial charge in [0.1, 0.15) is 11.7 Å². The molecule has 0 fully saturated rings. The van der Waals surface area contributed by atoms with Crippen LogP contribution in [0.5, 0.6) is 0 Å². The molecule has 0 saturated heterocycles. The maximum atomic E-state index is 12.7. The zero-order chi connectivity index (χ0) is 18.5. The summed E-state index contributed by atoms with van der Waals surface area (Å²) in [6, 6.07) is 1.92. The Kier molecular flexibility index (Phi) is 3.56. The Bertz CT molecular complexity index is 1100. The quantitative estimate of drug-likeness (QED) is 0.585. The minimum Gasteiger partial charge on any atom is -0.345 e. The van der Waals surface area contributed by atoms with Gasteiger partial charge in [-0.25, -0.2) is 14.5 Å². The van der Waals surface area contributed by atoms with Crippen molar-refractivity contribution in [3.05, 3.63) is 36.4 Å². The van der Waals surface area contributed by atoms with E-state index in [1.807, 2.05) is 19.1 Å². The molecule has 4 aromatic heterocycles. The minimum atomic E-state index is -4.37.